The van der Waals surface area contributed by atoms with Gasteiger partial charge in [-0.25, -0.2) is 4.39 Å². The molecule has 7 nitrogen and oxygen atoms in total. The van der Waals surface area contributed by atoms with Gasteiger partial charge in [0.05, 0.1) is 5.57 Å². The van der Waals surface area contributed by atoms with Crippen molar-refractivity contribution in [1.82, 2.24) is 10.2 Å². The number of benzene rings is 3. The molecule has 1 fully saturated rings. The third-order valence-electron chi connectivity index (χ3n) is 6.69. The lowest BCUT2D eigenvalue weighted by atomic mass is 9.94. The molecule has 3 heterocycles. The number of thioether (sulfide) groups is 1. The van der Waals surface area contributed by atoms with Crippen molar-refractivity contribution in [3.63, 3.8) is 0 Å². The van der Waals surface area contributed by atoms with Crippen molar-refractivity contribution in [2.75, 3.05) is 4.90 Å². The summed E-state index contributed by atoms with van der Waals surface area (Å²) in [4.78, 5) is 27.9. The maximum absolute atomic E-state index is 15.2. The van der Waals surface area contributed by atoms with E-state index in [-0.39, 0.29) is 22.4 Å². The van der Waals surface area contributed by atoms with Crippen LogP contribution in [0.2, 0.25) is 5.02 Å². The van der Waals surface area contributed by atoms with Crippen molar-refractivity contribution in [2.45, 2.75) is 35.6 Å². The number of ether oxygens (including phenoxy) is 1. The Bertz CT molecular complexity index is 1670. The fourth-order valence-electron chi connectivity index (χ4n) is 4.83. The van der Waals surface area contributed by atoms with E-state index in [2.05, 4.69) is 10.2 Å². The van der Waals surface area contributed by atoms with Crippen molar-refractivity contribution < 1.29 is 23.8 Å². The number of ketones is 1. The number of Topliss-reactive ketones (excluding diaryl/α,β-unsaturated/α-hetero) is 1. The van der Waals surface area contributed by atoms with Crippen molar-refractivity contribution >= 4 is 57.3 Å². The van der Waals surface area contributed by atoms with Gasteiger partial charge in [0.2, 0.25) is 5.13 Å². The molecule has 0 saturated carbocycles. The van der Waals surface area contributed by atoms with Gasteiger partial charge in [0.15, 0.2) is 4.34 Å². The summed E-state index contributed by atoms with van der Waals surface area (Å²) >= 11 is 8.48. The molecule has 1 saturated heterocycles. The van der Waals surface area contributed by atoms with Crippen LogP contribution in [-0.2, 0) is 21.8 Å². The number of carbonyl (C=O) groups excluding carboxylic acids is 2. The summed E-state index contributed by atoms with van der Waals surface area (Å²) < 4.78 is 21.5. The Morgan fingerprint density at radius 3 is 2.70 bits per heavy atom. The van der Waals surface area contributed by atoms with Gasteiger partial charge in [-0.2, -0.15) is 0 Å². The number of nitrogens with zero attached hydrogens (tertiary/aromatic N) is 3. The summed E-state index contributed by atoms with van der Waals surface area (Å²) in [6.45, 7) is 1.94. The molecule has 2 aliphatic rings. The molecule has 1 aromatic heterocycles. The Balaban J connectivity index is 1.39. The average molecular weight is 594 g/mol. The molecule has 2 atom stereocenters. The Hall–Kier alpha value is -3.73. The number of amides is 1. The number of hydrogen-bond acceptors (Lipinski definition) is 8. The first-order valence-corrected chi connectivity index (χ1v) is 14.5. The Kier molecular flexibility index (Phi) is 7.07. The lowest BCUT2D eigenvalue weighted by molar-refractivity contribution is -0.132. The lowest BCUT2D eigenvalue weighted by Gasteiger charge is -2.22. The van der Waals surface area contributed by atoms with Crippen LogP contribution in [0.1, 0.15) is 35.2 Å². The number of fused-ring (bicyclic) bond motifs is 1. The van der Waals surface area contributed by atoms with Gasteiger partial charge >= 0.3 is 5.91 Å². The first kappa shape index (κ1) is 26.5. The highest BCUT2D eigenvalue weighted by atomic mass is 35.5. The normalized spacial score (nSPS) is 19.6. The monoisotopic (exact) mass is 593 g/mol. The van der Waals surface area contributed by atoms with E-state index < -0.39 is 29.3 Å². The minimum atomic E-state index is -1.23. The molecule has 11 heteroatoms. The number of rotatable bonds is 6. The molecule has 1 N–H and O–H groups in total. The molecule has 0 spiro atoms. The quantitative estimate of drug-likeness (QED) is 0.0888. The number of anilines is 1. The predicted octanol–water partition coefficient (Wildman–Crippen LogP) is 6.57. The minimum absolute atomic E-state index is 0.0134. The zero-order valence-electron chi connectivity index (χ0n) is 21.0. The van der Waals surface area contributed by atoms with E-state index in [9.17, 15) is 14.7 Å². The Morgan fingerprint density at radius 1 is 1.15 bits per heavy atom. The maximum Gasteiger partial charge on any atom is 0.301 e. The first-order valence-electron chi connectivity index (χ1n) is 12.4. The van der Waals surface area contributed by atoms with Gasteiger partial charge < -0.3 is 9.84 Å². The summed E-state index contributed by atoms with van der Waals surface area (Å²) in [5.41, 5.74) is 2.08. The van der Waals surface area contributed by atoms with Gasteiger partial charge in [-0.1, -0.05) is 65.0 Å². The smallest absolute Gasteiger partial charge is 0.301 e. The van der Waals surface area contributed by atoms with E-state index in [4.69, 9.17) is 16.3 Å². The van der Waals surface area contributed by atoms with Crippen molar-refractivity contribution in [3.8, 4) is 5.75 Å². The highest BCUT2D eigenvalue weighted by Gasteiger charge is 2.49. The molecular formula is C29H21ClFN3O4S2. The van der Waals surface area contributed by atoms with Crippen molar-refractivity contribution in [1.29, 1.82) is 0 Å². The zero-order chi connectivity index (χ0) is 28.0. The molecule has 1 amide bonds. The molecule has 0 radical (unpaired) electrons. The summed E-state index contributed by atoms with van der Waals surface area (Å²) in [6.07, 6.45) is 0.628. The average Bonchev–Trinajstić information content (AvgIpc) is 3.63. The van der Waals surface area contributed by atoms with Crippen LogP contribution in [0, 0.1) is 5.82 Å². The second-order valence-electron chi connectivity index (χ2n) is 9.41. The Labute approximate surface area is 242 Å². The van der Waals surface area contributed by atoms with Crippen LogP contribution in [0.15, 0.2) is 76.6 Å². The molecule has 40 heavy (non-hydrogen) atoms. The van der Waals surface area contributed by atoms with Gasteiger partial charge in [-0.05, 0) is 54.4 Å². The third-order valence-corrected chi connectivity index (χ3v) is 9.07. The summed E-state index contributed by atoms with van der Waals surface area (Å²) in [5.74, 6) is -1.57. The second-order valence-corrected chi connectivity index (χ2v) is 12.0. The summed E-state index contributed by atoms with van der Waals surface area (Å²) in [6, 6.07) is 17.1. The second kappa shape index (κ2) is 10.7. The van der Waals surface area contributed by atoms with Gasteiger partial charge in [-0.3, -0.25) is 14.5 Å². The molecule has 3 aromatic carbocycles. The number of aliphatic hydroxyl groups is 1. The molecular weight excluding hydrogens is 573 g/mol. The van der Waals surface area contributed by atoms with Crippen LogP contribution in [0.3, 0.4) is 0 Å². The summed E-state index contributed by atoms with van der Waals surface area (Å²) in [7, 11) is 0. The van der Waals surface area contributed by atoms with Crippen LogP contribution < -0.4 is 9.64 Å². The van der Waals surface area contributed by atoms with Gasteiger partial charge in [0.1, 0.15) is 29.5 Å². The van der Waals surface area contributed by atoms with E-state index >= 15 is 4.39 Å². The van der Waals surface area contributed by atoms with Crippen LogP contribution in [0.5, 0.6) is 5.75 Å². The topological polar surface area (TPSA) is 92.6 Å². The van der Waals surface area contributed by atoms with Crippen molar-refractivity contribution in [3.05, 3.63) is 105 Å². The molecule has 2 aliphatic heterocycles. The minimum Gasteiger partial charge on any atom is -0.507 e. The molecule has 202 valence electrons. The third kappa shape index (κ3) is 4.87. The first-order chi connectivity index (χ1) is 19.3. The van der Waals surface area contributed by atoms with E-state index in [1.807, 2.05) is 19.1 Å². The predicted molar refractivity (Wildman–Crippen MR) is 152 cm³/mol. The lowest BCUT2D eigenvalue weighted by Crippen LogP contribution is -2.29. The number of aliphatic hydroxyl groups excluding tert-OH is 1. The van der Waals surface area contributed by atoms with Gasteiger partial charge in [-0.15, -0.1) is 10.2 Å². The number of aromatic nitrogens is 2. The van der Waals surface area contributed by atoms with Crippen LogP contribution in [-0.4, -0.2) is 33.1 Å². The number of halogens is 2. The zero-order valence-corrected chi connectivity index (χ0v) is 23.4. The molecule has 6 rings (SSSR count). The van der Waals surface area contributed by atoms with E-state index in [1.165, 1.54) is 30.0 Å². The van der Waals surface area contributed by atoms with Gasteiger partial charge in [0, 0.05) is 28.3 Å². The highest BCUT2D eigenvalue weighted by molar-refractivity contribution is 8.00. The molecule has 0 bridgehead atoms. The maximum atomic E-state index is 15.2. The fraction of sp³-hybridized carbons (Fsp3) is 0.172. The summed E-state index contributed by atoms with van der Waals surface area (Å²) in [5, 5.41) is 20.5. The SMILES string of the molecule is C[C@H]1Cc2cc(/C(O)=C3\C(=O)C(=O)N(c4nnc(SCc5ccc(Cl)cc5)s4)[C@H]3c3ccccc3F)ccc2O1. The number of hydrogen-bond donors (Lipinski definition) is 1. The van der Waals surface area contributed by atoms with E-state index in [1.54, 1.807) is 36.4 Å². The van der Waals surface area contributed by atoms with E-state index in [0.717, 1.165) is 27.4 Å². The van der Waals surface area contributed by atoms with Crippen LogP contribution >= 0.6 is 34.7 Å². The van der Waals surface area contributed by atoms with Crippen molar-refractivity contribution in [2.24, 2.45) is 0 Å². The molecule has 0 aliphatic carbocycles. The largest absolute Gasteiger partial charge is 0.507 e. The van der Waals surface area contributed by atoms with Crippen LogP contribution in [0.4, 0.5) is 9.52 Å². The molecule has 4 aromatic rings. The molecule has 0 unspecified atom stereocenters. The van der Waals surface area contributed by atoms with E-state index in [0.29, 0.717) is 32.8 Å². The number of carbonyl (C=O) groups is 2. The standard InChI is InChI=1S/C29H21ClFN3O4S2/c1-15-12-18-13-17(8-11-22(18)38-15)25(35)23-24(20-4-2-3-5-21(20)31)34(27(37)26(23)36)28-32-33-29(40-28)39-14-16-6-9-19(30)10-7-16/h2-11,13,15,24,35H,12,14H2,1H3/b25-23+/t15-,24-/m0/s1. The Morgan fingerprint density at radius 2 is 1.93 bits per heavy atom. The fourth-order valence-corrected chi connectivity index (χ4v) is 6.78. The van der Waals surface area contributed by atoms with Crippen LogP contribution in [0.25, 0.3) is 5.76 Å². The van der Waals surface area contributed by atoms with Gasteiger partial charge in [0.25, 0.3) is 5.78 Å². The highest BCUT2D eigenvalue weighted by Crippen LogP contribution is 2.45.